The van der Waals surface area contributed by atoms with Gasteiger partial charge in [0.1, 0.15) is 5.04 Å². The van der Waals surface area contributed by atoms with E-state index < -0.39 is 4.99 Å². The Balaban J connectivity index is 1.52. The van der Waals surface area contributed by atoms with Gasteiger partial charge >= 0.3 is 0 Å². The molecule has 0 N–H and O–H groups in total. The lowest BCUT2D eigenvalue weighted by atomic mass is 9.90. The van der Waals surface area contributed by atoms with Crippen molar-refractivity contribution in [2.24, 2.45) is 10.2 Å². The molecule has 0 unspecified atom stereocenters. The lowest BCUT2D eigenvalue weighted by Gasteiger charge is -2.47. The minimum absolute atomic E-state index is 0.0242. The largest absolute Gasteiger partial charge is 0.269 e. The van der Waals surface area contributed by atoms with Crippen molar-refractivity contribution in [3.8, 4) is 0 Å². The zero-order chi connectivity index (χ0) is 29.6. The highest BCUT2D eigenvalue weighted by atomic mass is 32.2. The van der Waals surface area contributed by atoms with E-state index in [1.807, 2.05) is 65.7 Å². The van der Waals surface area contributed by atoms with Gasteiger partial charge in [-0.25, -0.2) is 10.0 Å². The van der Waals surface area contributed by atoms with E-state index in [0.717, 1.165) is 49.8 Å². The summed E-state index contributed by atoms with van der Waals surface area (Å²) in [6.07, 6.45) is 0. The van der Waals surface area contributed by atoms with Crippen molar-refractivity contribution in [1.29, 1.82) is 0 Å². The quantitative estimate of drug-likeness (QED) is 0.154. The molecule has 43 heavy (non-hydrogen) atoms. The number of non-ortho nitro benzene ring substituents is 1. The number of aryl methyl sites for hydroxylation is 2. The molecule has 210 valence electrons. The highest BCUT2D eigenvalue weighted by Gasteiger charge is 2.55. The molecule has 0 radical (unpaired) electrons. The van der Waals surface area contributed by atoms with E-state index in [1.54, 1.807) is 23.9 Å². The molecule has 0 bridgehead atoms. The number of nitro groups is 1. The Morgan fingerprint density at radius 2 is 1.33 bits per heavy atom. The minimum atomic E-state index is -0.972. The van der Waals surface area contributed by atoms with Gasteiger partial charge in [0.25, 0.3) is 5.69 Å². The maximum Gasteiger partial charge on any atom is 0.269 e. The number of fused-ring (bicyclic) bond motifs is 2. The van der Waals surface area contributed by atoms with Crippen molar-refractivity contribution in [3.63, 3.8) is 0 Å². The number of para-hydroxylation sites is 1. The first-order valence-electron chi connectivity index (χ1n) is 13.9. The summed E-state index contributed by atoms with van der Waals surface area (Å²) in [5, 5.41) is 27.0. The molecule has 5 aromatic rings. The molecule has 0 fully saturated rings. The molecule has 8 heteroatoms. The maximum absolute atomic E-state index is 11.5. The first-order valence-corrected chi connectivity index (χ1v) is 14.8. The van der Waals surface area contributed by atoms with Crippen LogP contribution in [0.2, 0.25) is 0 Å². The number of hydrogen-bond acceptors (Lipinski definition) is 7. The highest BCUT2D eigenvalue weighted by molar-refractivity contribution is 8.15. The number of thioether (sulfide) groups is 1. The average Bonchev–Trinajstić information content (AvgIpc) is 3.44. The van der Waals surface area contributed by atoms with E-state index in [4.69, 9.17) is 10.2 Å². The third-order valence-corrected chi connectivity index (χ3v) is 9.07. The second-order valence-electron chi connectivity index (χ2n) is 10.5. The lowest BCUT2D eigenvalue weighted by Crippen LogP contribution is -2.54. The number of benzene rings is 5. The van der Waals surface area contributed by atoms with Crippen molar-refractivity contribution in [2.45, 2.75) is 18.8 Å². The van der Waals surface area contributed by atoms with Gasteiger partial charge in [-0.05, 0) is 61.5 Å². The van der Waals surface area contributed by atoms with Gasteiger partial charge in [-0.3, -0.25) is 10.1 Å². The molecular formula is C35H27N5O2S. The van der Waals surface area contributed by atoms with Gasteiger partial charge in [-0.2, -0.15) is 10.2 Å². The third-order valence-electron chi connectivity index (χ3n) is 7.71. The lowest BCUT2D eigenvalue weighted by molar-refractivity contribution is -0.384. The van der Waals surface area contributed by atoms with Crippen LogP contribution in [-0.2, 0) is 4.99 Å². The molecule has 0 saturated heterocycles. The Hall–Kier alpha value is -5.21. The van der Waals surface area contributed by atoms with E-state index >= 15 is 0 Å². The van der Waals surface area contributed by atoms with Crippen LogP contribution in [0.5, 0.6) is 0 Å². The van der Waals surface area contributed by atoms with E-state index in [1.165, 1.54) is 12.1 Å². The van der Waals surface area contributed by atoms with Gasteiger partial charge in [0.15, 0.2) is 0 Å². The average molecular weight is 582 g/mol. The molecule has 1 spiro atoms. The van der Waals surface area contributed by atoms with Gasteiger partial charge in [-0.15, -0.1) is 0 Å². The summed E-state index contributed by atoms with van der Waals surface area (Å²) in [6.45, 7) is 4.21. The summed E-state index contributed by atoms with van der Waals surface area (Å²) in [6, 6.07) is 41.5. The minimum Gasteiger partial charge on any atom is -0.258 e. The van der Waals surface area contributed by atoms with Crippen LogP contribution in [0.15, 0.2) is 138 Å². The van der Waals surface area contributed by atoms with Crippen molar-refractivity contribution < 1.29 is 4.92 Å². The summed E-state index contributed by atoms with van der Waals surface area (Å²) < 4.78 is 0. The standard InChI is InChI=1S/C35H27N5O2S/c1-24-17-18-25(2)31(23-24)33-30-15-9-10-16-32(30)35(38(36-33)27-13-7-4-8-14-27)39(28-19-21-29(22-20-28)40(41)42)37-34(43-35)26-11-5-3-6-12-26/h3-23H,1-2H3/t35-/m0/s1. The van der Waals surface area contributed by atoms with Gasteiger partial charge in [-0.1, -0.05) is 90.5 Å². The number of nitro benzene ring substituents is 1. The molecule has 7 rings (SSSR count). The zero-order valence-electron chi connectivity index (χ0n) is 23.6. The number of hydrogen-bond donors (Lipinski definition) is 0. The first-order chi connectivity index (χ1) is 21.0. The van der Waals surface area contributed by atoms with Crippen LogP contribution in [0.1, 0.15) is 33.4 Å². The molecule has 1 atom stereocenters. The van der Waals surface area contributed by atoms with Crippen LogP contribution in [0.4, 0.5) is 17.1 Å². The summed E-state index contributed by atoms with van der Waals surface area (Å²) in [5.41, 5.74) is 8.87. The van der Waals surface area contributed by atoms with E-state index in [-0.39, 0.29) is 10.6 Å². The molecule has 5 aromatic carbocycles. The Morgan fingerprint density at radius 3 is 2.05 bits per heavy atom. The SMILES string of the molecule is Cc1ccc(C)c(C2=NN(c3ccccc3)[C@@]3(SC(c4ccccc4)=NN3c3ccc([N+](=O)[O-])cc3)c3ccccc32)c1. The van der Waals surface area contributed by atoms with Crippen LogP contribution in [0.25, 0.3) is 0 Å². The fourth-order valence-electron chi connectivity index (χ4n) is 5.61. The Bertz CT molecular complexity index is 1910. The summed E-state index contributed by atoms with van der Waals surface area (Å²) in [4.78, 5) is 10.2. The van der Waals surface area contributed by atoms with E-state index in [0.29, 0.717) is 5.69 Å². The maximum atomic E-state index is 11.5. The summed E-state index contributed by atoms with van der Waals surface area (Å²) >= 11 is 1.61. The van der Waals surface area contributed by atoms with Crippen molar-refractivity contribution >= 4 is 39.6 Å². The molecule has 2 heterocycles. The Labute approximate surface area is 253 Å². The number of rotatable bonds is 5. The van der Waals surface area contributed by atoms with Crippen LogP contribution in [0, 0.1) is 24.0 Å². The Morgan fingerprint density at radius 1 is 0.698 bits per heavy atom. The smallest absolute Gasteiger partial charge is 0.258 e. The number of anilines is 2. The molecule has 0 aromatic heterocycles. The van der Waals surface area contributed by atoms with E-state index in [2.05, 4.69) is 61.3 Å². The number of nitrogens with zero attached hydrogens (tertiary/aromatic N) is 5. The Kier molecular flexibility index (Phi) is 6.55. The molecular weight excluding hydrogens is 554 g/mol. The van der Waals surface area contributed by atoms with Gasteiger partial charge in [0.05, 0.1) is 22.0 Å². The molecule has 0 aliphatic carbocycles. The molecule has 7 nitrogen and oxygen atoms in total. The topological polar surface area (TPSA) is 74.3 Å². The molecule has 2 aliphatic heterocycles. The molecule has 2 aliphatic rings. The van der Waals surface area contributed by atoms with Gasteiger partial charge < -0.3 is 0 Å². The predicted octanol–water partition coefficient (Wildman–Crippen LogP) is 8.21. The molecule has 0 saturated carbocycles. The zero-order valence-corrected chi connectivity index (χ0v) is 24.4. The van der Waals surface area contributed by atoms with Gasteiger partial charge in [0, 0.05) is 34.4 Å². The van der Waals surface area contributed by atoms with Crippen molar-refractivity contribution in [2.75, 3.05) is 10.0 Å². The fourth-order valence-corrected chi connectivity index (χ4v) is 7.01. The highest BCUT2D eigenvalue weighted by Crippen LogP contribution is 2.55. The monoisotopic (exact) mass is 581 g/mol. The second kappa shape index (κ2) is 10.6. The van der Waals surface area contributed by atoms with Crippen LogP contribution in [0.3, 0.4) is 0 Å². The summed E-state index contributed by atoms with van der Waals surface area (Å²) in [7, 11) is 0. The molecule has 0 amide bonds. The van der Waals surface area contributed by atoms with Crippen LogP contribution >= 0.6 is 11.8 Å². The van der Waals surface area contributed by atoms with Crippen molar-refractivity contribution in [1.82, 2.24) is 0 Å². The summed E-state index contributed by atoms with van der Waals surface area (Å²) in [5.74, 6) is 0. The van der Waals surface area contributed by atoms with E-state index in [9.17, 15) is 10.1 Å². The first kappa shape index (κ1) is 26.7. The number of hydrazone groups is 2. The third kappa shape index (κ3) is 4.47. The van der Waals surface area contributed by atoms with Crippen molar-refractivity contribution in [3.05, 3.63) is 171 Å². The normalized spacial score (nSPS) is 17.4. The second-order valence-corrected chi connectivity index (χ2v) is 11.7. The van der Waals surface area contributed by atoms with Gasteiger partial charge in [0.2, 0.25) is 4.99 Å². The van der Waals surface area contributed by atoms with Crippen LogP contribution in [-0.4, -0.2) is 15.7 Å². The predicted molar refractivity (Wildman–Crippen MR) is 175 cm³/mol. The fraction of sp³-hybridized carbons (Fsp3) is 0.0857. The van der Waals surface area contributed by atoms with Crippen LogP contribution < -0.4 is 10.0 Å².